The summed E-state index contributed by atoms with van der Waals surface area (Å²) in [6, 6.07) is 13.0. The van der Waals surface area contributed by atoms with E-state index >= 15 is 0 Å². The second-order valence-electron chi connectivity index (χ2n) is 7.91. The third kappa shape index (κ3) is 3.40. The molecule has 0 spiro atoms. The molecule has 0 N–H and O–H groups in total. The molecule has 1 amide bonds. The van der Waals surface area contributed by atoms with Crippen molar-refractivity contribution in [3.8, 4) is 0 Å². The van der Waals surface area contributed by atoms with E-state index in [1.54, 1.807) is 4.90 Å². The molecule has 1 aromatic heterocycles. The topological polar surface area (TPSA) is 70.6 Å². The third-order valence-corrected chi connectivity index (χ3v) is 8.05. The van der Waals surface area contributed by atoms with E-state index in [9.17, 15) is 17.6 Å². The fraction of sp³-hybridized carbons (Fsp3) is 0.304. The average molecular weight is 440 g/mol. The number of aryl methyl sites for hydroxylation is 1. The van der Waals surface area contributed by atoms with Gasteiger partial charge in [0.1, 0.15) is 10.7 Å². The highest BCUT2D eigenvalue weighted by atomic mass is 32.2. The first-order chi connectivity index (χ1) is 15.0. The molecule has 2 aromatic carbocycles. The lowest BCUT2D eigenvalue weighted by Crippen LogP contribution is -2.50. The number of benzene rings is 2. The Labute approximate surface area is 180 Å². The van der Waals surface area contributed by atoms with Gasteiger partial charge in [0.15, 0.2) is 0 Å². The van der Waals surface area contributed by atoms with E-state index in [0.29, 0.717) is 5.56 Å². The van der Waals surface area contributed by atoms with Crippen molar-refractivity contribution in [1.29, 1.82) is 0 Å². The molecule has 160 valence electrons. The summed E-state index contributed by atoms with van der Waals surface area (Å²) in [6.45, 7) is 0.789. The maximum absolute atomic E-state index is 14.1. The van der Waals surface area contributed by atoms with Crippen molar-refractivity contribution in [2.45, 2.75) is 24.2 Å². The maximum Gasteiger partial charge on any atom is 0.254 e. The zero-order chi connectivity index (χ0) is 21.6. The number of fused-ring (bicyclic) bond motifs is 2. The minimum Gasteiger partial charge on any atom is -0.336 e. The smallest absolute Gasteiger partial charge is 0.254 e. The van der Waals surface area contributed by atoms with Crippen LogP contribution in [0.4, 0.5) is 4.39 Å². The van der Waals surface area contributed by atoms with Gasteiger partial charge in [-0.3, -0.25) is 9.78 Å². The van der Waals surface area contributed by atoms with Crippen LogP contribution in [0.25, 0.3) is 10.9 Å². The molecule has 1 fully saturated rings. The van der Waals surface area contributed by atoms with Gasteiger partial charge in [-0.15, -0.1) is 0 Å². The zero-order valence-corrected chi connectivity index (χ0v) is 17.7. The monoisotopic (exact) mass is 439 g/mol. The lowest BCUT2D eigenvalue weighted by molar-refractivity contribution is 0.0698. The van der Waals surface area contributed by atoms with Gasteiger partial charge >= 0.3 is 0 Å². The summed E-state index contributed by atoms with van der Waals surface area (Å²) in [5.41, 5.74) is 3.52. The molecule has 2 heterocycles. The molecule has 0 bridgehead atoms. The molecule has 6 nitrogen and oxygen atoms in total. The first kappa shape index (κ1) is 20.1. The Hall–Kier alpha value is -2.84. The SMILES string of the molecule is O=C(c1c2c(nc3ccccc13)CCC2)N1CCN(S(=O)(=O)c2ccccc2F)CC1. The molecular formula is C23H22FN3O3S. The largest absolute Gasteiger partial charge is 0.336 e. The number of aromatic nitrogens is 1. The molecule has 1 saturated heterocycles. The van der Waals surface area contributed by atoms with Crippen LogP contribution in [-0.2, 0) is 22.9 Å². The van der Waals surface area contributed by atoms with Crippen LogP contribution < -0.4 is 0 Å². The minimum absolute atomic E-state index is 0.0836. The van der Waals surface area contributed by atoms with E-state index in [0.717, 1.165) is 47.5 Å². The highest BCUT2D eigenvalue weighted by molar-refractivity contribution is 7.89. The fourth-order valence-electron chi connectivity index (χ4n) is 4.54. The van der Waals surface area contributed by atoms with Gasteiger partial charge in [0.25, 0.3) is 5.91 Å². The normalized spacial score (nSPS) is 17.1. The fourth-order valence-corrected chi connectivity index (χ4v) is 6.03. The van der Waals surface area contributed by atoms with Crippen LogP contribution in [0.2, 0.25) is 0 Å². The minimum atomic E-state index is -3.94. The number of rotatable bonds is 3. The predicted molar refractivity (Wildman–Crippen MR) is 115 cm³/mol. The lowest BCUT2D eigenvalue weighted by Gasteiger charge is -2.34. The van der Waals surface area contributed by atoms with Crippen molar-refractivity contribution in [2.24, 2.45) is 0 Å². The first-order valence-corrected chi connectivity index (χ1v) is 11.9. The summed E-state index contributed by atoms with van der Waals surface area (Å²) in [5, 5.41) is 0.842. The molecule has 2 aliphatic rings. The molecule has 0 saturated carbocycles. The van der Waals surface area contributed by atoms with Gasteiger partial charge in [-0.1, -0.05) is 30.3 Å². The Morgan fingerprint density at radius 3 is 2.42 bits per heavy atom. The molecule has 0 radical (unpaired) electrons. The van der Waals surface area contributed by atoms with E-state index in [4.69, 9.17) is 4.98 Å². The van der Waals surface area contributed by atoms with Crippen LogP contribution in [0.3, 0.4) is 0 Å². The number of sulfonamides is 1. The van der Waals surface area contributed by atoms with E-state index in [2.05, 4.69) is 0 Å². The molecule has 1 aliphatic carbocycles. The molecule has 1 aliphatic heterocycles. The van der Waals surface area contributed by atoms with Crippen LogP contribution in [0.1, 0.15) is 28.0 Å². The quantitative estimate of drug-likeness (QED) is 0.629. The molecule has 0 atom stereocenters. The maximum atomic E-state index is 14.1. The number of hydrogen-bond acceptors (Lipinski definition) is 4. The number of para-hydroxylation sites is 1. The van der Waals surface area contributed by atoms with E-state index in [1.165, 1.54) is 22.5 Å². The molecule has 31 heavy (non-hydrogen) atoms. The van der Waals surface area contributed by atoms with Gasteiger partial charge in [0.05, 0.1) is 11.1 Å². The Morgan fingerprint density at radius 1 is 0.935 bits per heavy atom. The number of pyridine rings is 1. The van der Waals surface area contributed by atoms with Crippen molar-refractivity contribution >= 4 is 26.8 Å². The Balaban J connectivity index is 1.41. The van der Waals surface area contributed by atoms with Crippen LogP contribution >= 0.6 is 0 Å². The third-order valence-electron chi connectivity index (χ3n) is 6.11. The number of carbonyl (C=O) groups is 1. The Bertz CT molecular complexity index is 1280. The highest BCUT2D eigenvalue weighted by Crippen LogP contribution is 2.31. The summed E-state index contributed by atoms with van der Waals surface area (Å²) < 4.78 is 41.0. The number of piperazine rings is 1. The molecular weight excluding hydrogens is 417 g/mol. The summed E-state index contributed by atoms with van der Waals surface area (Å²) in [7, 11) is -3.94. The van der Waals surface area contributed by atoms with Crippen molar-refractivity contribution < 1.29 is 17.6 Å². The molecule has 5 rings (SSSR count). The second kappa shape index (κ2) is 7.69. The van der Waals surface area contributed by atoms with Crippen molar-refractivity contribution in [1.82, 2.24) is 14.2 Å². The van der Waals surface area contributed by atoms with Crippen LogP contribution in [0, 0.1) is 5.82 Å². The van der Waals surface area contributed by atoms with Crippen LogP contribution in [0.15, 0.2) is 53.4 Å². The molecule has 0 unspecified atom stereocenters. The average Bonchev–Trinajstić information content (AvgIpc) is 3.25. The van der Waals surface area contributed by atoms with Gasteiger partial charge in [0.2, 0.25) is 10.0 Å². The van der Waals surface area contributed by atoms with Crippen LogP contribution in [-0.4, -0.2) is 54.7 Å². The zero-order valence-electron chi connectivity index (χ0n) is 16.9. The predicted octanol–water partition coefficient (Wildman–Crippen LogP) is 3.01. The summed E-state index contributed by atoms with van der Waals surface area (Å²) in [5.74, 6) is -0.848. The van der Waals surface area contributed by atoms with Crippen molar-refractivity contribution in [3.63, 3.8) is 0 Å². The summed E-state index contributed by atoms with van der Waals surface area (Å²) in [6.07, 6.45) is 2.68. The number of carbonyl (C=O) groups excluding carboxylic acids is 1. The van der Waals surface area contributed by atoms with Gasteiger partial charge < -0.3 is 4.90 Å². The Kier molecular flexibility index (Phi) is 4.98. The number of halogens is 1. The molecule has 3 aromatic rings. The number of nitrogens with zero attached hydrogens (tertiary/aromatic N) is 3. The number of amides is 1. The summed E-state index contributed by atoms with van der Waals surface area (Å²) >= 11 is 0. The van der Waals surface area contributed by atoms with Crippen LogP contribution in [0.5, 0.6) is 0 Å². The van der Waals surface area contributed by atoms with E-state index in [1.807, 2.05) is 24.3 Å². The molecule has 8 heteroatoms. The second-order valence-corrected chi connectivity index (χ2v) is 9.82. The van der Waals surface area contributed by atoms with Gasteiger partial charge in [-0.2, -0.15) is 4.31 Å². The highest BCUT2D eigenvalue weighted by Gasteiger charge is 2.33. The van der Waals surface area contributed by atoms with Crippen molar-refractivity contribution in [2.75, 3.05) is 26.2 Å². The Morgan fingerprint density at radius 2 is 1.65 bits per heavy atom. The summed E-state index contributed by atoms with van der Waals surface area (Å²) in [4.78, 5) is 19.6. The van der Waals surface area contributed by atoms with Crippen molar-refractivity contribution in [3.05, 3.63) is 71.2 Å². The van der Waals surface area contributed by atoms with Gasteiger partial charge in [-0.25, -0.2) is 12.8 Å². The van der Waals surface area contributed by atoms with Gasteiger partial charge in [-0.05, 0) is 43.0 Å². The lowest BCUT2D eigenvalue weighted by atomic mass is 10.00. The van der Waals surface area contributed by atoms with Gasteiger partial charge in [0, 0.05) is 37.3 Å². The standard InChI is InChI=1S/C23H22FN3O3S/c24-18-8-2-4-11-21(18)31(29,30)27-14-12-26(13-15-27)23(28)22-16-6-1-3-9-19(16)25-20-10-5-7-17(20)22/h1-4,6,8-9,11H,5,7,10,12-15H2. The first-order valence-electron chi connectivity index (χ1n) is 10.4. The van der Waals surface area contributed by atoms with E-state index < -0.39 is 15.8 Å². The number of hydrogen-bond donors (Lipinski definition) is 0. The van der Waals surface area contributed by atoms with E-state index in [-0.39, 0.29) is 37.0 Å².